The number of nitrogens with one attached hydrogen (secondary N) is 1. The minimum Gasteiger partial charge on any atom is -0.449 e. The molecule has 1 aliphatic carbocycles. The highest BCUT2D eigenvalue weighted by molar-refractivity contribution is 5.80. The van der Waals surface area contributed by atoms with Gasteiger partial charge in [0.2, 0.25) is 5.91 Å². The third-order valence-electron chi connectivity index (χ3n) is 2.30. The second-order valence-corrected chi connectivity index (χ2v) is 3.67. The van der Waals surface area contributed by atoms with Crippen molar-refractivity contribution in [3.63, 3.8) is 0 Å². The van der Waals surface area contributed by atoms with Gasteiger partial charge in [-0.15, -0.1) is 0 Å². The number of nitrogens with zero attached hydrogens (tertiary/aromatic N) is 1. The van der Waals surface area contributed by atoms with Crippen molar-refractivity contribution in [3.8, 4) is 0 Å². The SMILES string of the molecule is Cc1nc(CCNC(=O)C2CC2)co1. The van der Waals surface area contributed by atoms with Gasteiger partial charge in [0.25, 0.3) is 0 Å². The van der Waals surface area contributed by atoms with Crippen LogP contribution < -0.4 is 5.32 Å². The maximum Gasteiger partial charge on any atom is 0.223 e. The molecule has 1 N–H and O–H groups in total. The Bertz CT molecular complexity index is 329. The molecule has 0 saturated heterocycles. The van der Waals surface area contributed by atoms with Crippen LogP contribution in [0.4, 0.5) is 0 Å². The molecule has 76 valence electrons. The lowest BCUT2D eigenvalue weighted by molar-refractivity contribution is -0.122. The summed E-state index contributed by atoms with van der Waals surface area (Å²) in [5.74, 6) is 1.15. The molecule has 4 heteroatoms. The third-order valence-corrected chi connectivity index (χ3v) is 2.30. The van der Waals surface area contributed by atoms with Crippen LogP contribution in [0.1, 0.15) is 24.4 Å². The Balaban J connectivity index is 1.69. The second kappa shape index (κ2) is 3.82. The Morgan fingerprint density at radius 2 is 2.50 bits per heavy atom. The van der Waals surface area contributed by atoms with Gasteiger partial charge in [0, 0.05) is 25.8 Å². The van der Waals surface area contributed by atoms with Crippen molar-refractivity contribution in [2.45, 2.75) is 26.2 Å². The standard InChI is InChI=1S/C10H14N2O2/c1-7-12-9(6-14-7)4-5-11-10(13)8-2-3-8/h6,8H,2-5H2,1H3,(H,11,13). The summed E-state index contributed by atoms with van der Waals surface area (Å²) in [5, 5.41) is 2.88. The fraction of sp³-hybridized carbons (Fsp3) is 0.600. The van der Waals surface area contributed by atoms with Gasteiger partial charge in [-0.25, -0.2) is 4.98 Å². The summed E-state index contributed by atoms with van der Waals surface area (Å²) in [6, 6.07) is 0. The van der Waals surface area contributed by atoms with Crippen LogP contribution in [0.15, 0.2) is 10.7 Å². The van der Waals surface area contributed by atoms with Crippen molar-refractivity contribution in [1.82, 2.24) is 10.3 Å². The molecule has 0 atom stereocenters. The maximum atomic E-state index is 11.2. The lowest BCUT2D eigenvalue weighted by Crippen LogP contribution is -2.26. The number of carbonyl (C=O) groups is 1. The van der Waals surface area contributed by atoms with E-state index in [9.17, 15) is 4.79 Å². The number of rotatable bonds is 4. The number of oxazole rings is 1. The van der Waals surface area contributed by atoms with E-state index >= 15 is 0 Å². The molecule has 1 aromatic heterocycles. The molecule has 4 nitrogen and oxygen atoms in total. The number of hydrogen-bond donors (Lipinski definition) is 1. The van der Waals surface area contributed by atoms with Crippen molar-refractivity contribution >= 4 is 5.91 Å². The lowest BCUT2D eigenvalue weighted by Gasteiger charge is -2.00. The smallest absolute Gasteiger partial charge is 0.223 e. The summed E-state index contributed by atoms with van der Waals surface area (Å²) in [4.78, 5) is 15.4. The first-order valence-electron chi connectivity index (χ1n) is 4.94. The van der Waals surface area contributed by atoms with Gasteiger partial charge in [0.05, 0.1) is 5.69 Å². The largest absolute Gasteiger partial charge is 0.449 e. The Morgan fingerprint density at radius 3 is 3.07 bits per heavy atom. The summed E-state index contributed by atoms with van der Waals surface area (Å²) in [6.07, 6.45) is 4.48. The van der Waals surface area contributed by atoms with E-state index in [0.29, 0.717) is 12.4 Å². The van der Waals surface area contributed by atoms with E-state index in [1.165, 1.54) is 0 Å². The van der Waals surface area contributed by atoms with Gasteiger partial charge in [0.1, 0.15) is 6.26 Å². The molecule has 1 amide bonds. The highest BCUT2D eigenvalue weighted by atomic mass is 16.3. The molecule has 1 fully saturated rings. The van der Waals surface area contributed by atoms with Gasteiger partial charge in [-0.05, 0) is 12.8 Å². The first-order chi connectivity index (χ1) is 6.75. The summed E-state index contributed by atoms with van der Waals surface area (Å²) in [5.41, 5.74) is 0.901. The van der Waals surface area contributed by atoms with Gasteiger partial charge in [-0.2, -0.15) is 0 Å². The zero-order valence-electron chi connectivity index (χ0n) is 8.25. The molecule has 0 aliphatic heterocycles. The molecule has 1 saturated carbocycles. The molecular weight excluding hydrogens is 180 g/mol. The number of aryl methyl sites for hydroxylation is 1. The first kappa shape index (κ1) is 9.24. The lowest BCUT2D eigenvalue weighted by atomic mass is 10.3. The average molecular weight is 194 g/mol. The van der Waals surface area contributed by atoms with Crippen LogP contribution in [0.25, 0.3) is 0 Å². The van der Waals surface area contributed by atoms with Crippen LogP contribution in [0.2, 0.25) is 0 Å². The van der Waals surface area contributed by atoms with Crippen molar-refractivity contribution in [1.29, 1.82) is 0 Å². The minimum atomic E-state index is 0.185. The van der Waals surface area contributed by atoms with Gasteiger partial charge >= 0.3 is 0 Å². The molecule has 0 aromatic carbocycles. The van der Waals surface area contributed by atoms with Gasteiger partial charge in [0.15, 0.2) is 5.89 Å². The van der Waals surface area contributed by atoms with E-state index in [1.807, 2.05) is 6.92 Å². The molecule has 1 heterocycles. The number of carbonyl (C=O) groups excluding carboxylic acids is 1. The summed E-state index contributed by atoms with van der Waals surface area (Å²) in [6.45, 7) is 2.47. The van der Waals surface area contributed by atoms with Crippen LogP contribution >= 0.6 is 0 Å². The number of aromatic nitrogens is 1. The van der Waals surface area contributed by atoms with Crippen molar-refractivity contribution in [2.75, 3.05) is 6.54 Å². The molecule has 1 aliphatic rings. The van der Waals surface area contributed by atoms with Crippen LogP contribution in [0.5, 0.6) is 0 Å². The van der Waals surface area contributed by atoms with Crippen LogP contribution in [0.3, 0.4) is 0 Å². The molecule has 0 spiro atoms. The van der Waals surface area contributed by atoms with E-state index in [4.69, 9.17) is 4.42 Å². The minimum absolute atomic E-state index is 0.185. The fourth-order valence-corrected chi connectivity index (χ4v) is 1.33. The van der Waals surface area contributed by atoms with Crippen molar-refractivity contribution < 1.29 is 9.21 Å². The van der Waals surface area contributed by atoms with E-state index < -0.39 is 0 Å². The molecule has 0 bridgehead atoms. The predicted octanol–water partition coefficient (Wildman–Crippen LogP) is 1.05. The van der Waals surface area contributed by atoms with Crippen molar-refractivity contribution in [3.05, 3.63) is 17.8 Å². The Labute approximate surface area is 82.7 Å². The Hall–Kier alpha value is -1.32. The zero-order chi connectivity index (χ0) is 9.97. The first-order valence-corrected chi connectivity index (χ1v) is 4.94. The van der Waals surface area contributed by atoms with Crippen LogP contribution in [-0.4, -0.2) is 17.4 Å². The summed E-state index contributed by atoms with van der Waals surface area (Å²) in [7, 11) is 0. The topological polar surface area (TPSA) is 55.1 Å². The molecule has 1 aromatic rings. The van der Waals surface area contributed by atoms with Crippen LogP contribution in [0, 0.1) is 12.8 Å². The average Bonchev–Trinajstić information content (AvgIpc) is 2.92. The fourth-order valence-electron chi connectivity index (χ4n) is 1.33. The monoisotopic (exact) mass is 194 g/mol. The second-order valence-electron chi connectivity index (χ2n) is 3.67. The normalized spacial score (nSPS) is 15.5. The number of hydrogen-bond acceptors (Lipinski definition) is 3. The van der Waals surface area contributed by atoms with E-state index in [0.717, 1.165) is 25.0 Å². The van der Waals surface area contributed by atoms with Gasteiger partial charge in [-0.1, -0.05) is 0 Å². The van der Waals surface area contributed by atoms with E-state index in [-0.39, 0.29) is 11.8 Å². The van der Waals surface area contributed by atoms with Gasteiger partial charge in [-0.3, -0.25) is 4.79 Å². The zero-order valence-corrected chi connectivity index (χ0v) is 8.25. The highest BCUT2D eigenvalue weighted by Gasteiger charge is 2.28. The molecule has 0 radical (unpaired) electrons. The summed E-state index contributed by atoms with van der Waals surface area (Å²) < 4.78 is 5.06. The van der Waals surface area contributed by atoms with Gasteiger partial charge < -0.3 is 9.73 Å². The van der Waals surface area contributed by atoms with Crippen molar-refractivity contribution in [2.24, 2.45) is 5.92 Å². The van der Waals surface area contributed by atoms with E-state index in [2.05, 4.69) is 10.3 Å². The molecule has 2 rings (SSSR count). The maximum absolute atomic E-state index is 11.2. The summed E-state index contributed by atoms with van der Waals surface area (Å²) >= 11 is 0. The number of amides is 1. The van der Waals surface area contributed by atoms with Crippen LogP contribution in [-0.2, 0) is 11.2 Å². The molecule has 14 heavy (non-hydrogen) atoms. The highest BCUT2D eigenvalue weighted by Crippen LogP contribution is 2.28. The van der Waals surface area contributed by atoms with E-state index in [1.54, 1.807) is 6.26 Å². The third kappa shape index (κ3) is 2.34. The molecule has 0 unspecified atom stereocenters. The molecular formula is C10H14N2O2. The Kier molecular flexibility index (Phi) is 2.52. The Morgan fingerprint density at radius 1 is 1.71 bits per heavy atom. The predicted molar refractivity (Wildman–Crippen MR) is 50.7 cm³/mol. The quantitative estimate of drug-likeness (QED) is 0.779.